The molecule has 0 fully saturated rings. The molecule has 0 aliphatic carbocycles. The molecule has 0 aromatic heterocycles. The van der Waals surface area contributed by atoms with Gasteiger partial charge in [-0.05, 0) is 18.6 Å². The molecule has 0 atom stereocenters. The summed E-state index contributed by atoms with van der Waals surface area (Å²) in [4.78, 5) is 15.9. The fraction of sp³-hybridized carbons (Fsp3) is 0.556. The van der Waals surface area contributed by atoms with Crippen LogP contribution in [-0.4, -0.2) is 45.2 Å². The van der Waals surface area contributed by atoms with Crippen molar-refractivity contribution in [2.45, 2.75) is 27.2 Å². The van der Waals surface area contributed by atoms with E-state index in [0.717, 1.165) is 24.7 Å². The molecule has 1 amide bonds. The van der Waals surface area contributed by atoms with Gasteiger partial charge in [-0.1, -0.05) is 39.0 Å². The van der Waals surface area contributed by atoms with Gasteiger partial charge in [-0.3, -0.25) is 9.79 Å². The zero-order valence-electron chi connectivity index (χ0n) is 15.2. The number of benzene rings is 1. The van der Waals surface area contributed by atoms with Crippen molar-refractivity contribution in [2.24, 2.45) is 10.4 Å². The highest BCUT2D eigenvalue weighted by molar-refractivity contribution is 5.81. The maximum Gasteiger partial charge on any atom is 0.225 e. The van der Waals surface area contributed by atoms with E-state index in [1.807, 2.05) is 51.1 Å². The van der Waals surface area contributed by atoms with E-state index in [-0.39, 0.29) is 11.3 Å². The molecule has 0 aliphatic rings. The predicted octanol–water partition coefficient (Wildman–Crippen LogP) is 1.78. The van der Waals surface area contributed by atoms with Crippen LogP contribution >= 0.6 is 0 Å². The van der Waals surface area contributed by atoms with Crippen molar-refractivity contribution in [3.05, 3.63) is 30.3 Å². The highest BCUT2D eigenvalue weighted by atomic mass is 16.5. The maximum absolute atomic E-state index is 11.7. The van der Waals surface area contributed by atoms with E-state index in [1.165, 1.54) is 0 Å². The Hall–Kier alpha value is -2.24. The number of aliphatic imine (C=N–C) groups is 1. The molecule has 1 rings (SSSR count). The number of carbonyl (C=O) groups excluding carboxylic acids is 1. The second-order valence-corrected chi connectivity index (χ2v) is 6.45. The quantitative estimate of drug-likeness (QED) is 0.385. The monoisotopic (exact) mass is 334 g/mol. The van der Waals surface area contributed by atoms with Crippen LogP contribution in [0.15, 0.2) is 35.3 Å². The number of para-hydroxylation sites is 1. The molecule has 0 unspecified atom stereocenters. The van der Waals surface area contributed by atoms with Crippen LogP contribution in [0.5, 0.6) is 5.75 Å². The van der Waals surface area contributed by atoms with Crippen LogP contribution in [0.2, 0.25) is 0 Å². The zero-order valence-corrected chi connectivity index (χ0v) is 15.2. The first kappa shape index (κ1) is 19.8. The first-order valence-corrected chi connectivity index (χ1v) is 8.34. The third-order valence-electron chi connectivity index (χ3n) is 3.23. The minimum atomic E-state index is -0.362. The standard InChI is InChI=1S/C18H30N4O2/c1-18(2,3)16(23)20-12-13-22-17(19-4)21-11-8-14-24-15-9-6-5-7-10-15/h5-7,9-10H,8,11-14H2,1-4H3,(H,20,23)(H2,19,21,22). The number of carbonyl (C=O) groups is 1. The van der Waals surface area contributed by atoms with Gasteiger partial charge >= 0.3 is 0 Å². The van der Waals surface area contributed by atoms with Crippen LogP contribution in [0.4, 0.5) is 0 Å². The zero-order chi connectivity index (χ0) is 17.8. The molecule has 0 bridgehead atoms. The lowest BCUT2D eigenvalue weighted by molar-refractivity contribution is -0.128. The molecule has 134 valence electrons. The first-order valence-electron chi connectivity index (χ1n) is 8.34. The summed E-state index contributed by atoms with van der Waals surface area (Å²) in [6, 6.07) is 9.77. The van der Waals surface area contributed by atoms with Crippen molar-refractivity contribution < 1.29 is 9.53 Å². The molecule has 6 heteroatoms. The van der Waals surface area contributed by atoms with Crippen molar-refractivity contribution in [2.75, 3.05) is 33.3 Å². The average molecular weight is 334 g/mol. The lowest BCUT2D eigenvalue weighted by Gasteiger charge is -2.18. The number of rotatable bonds is 8. The van der Waals surface area contributed by atoms with Gasteiger partial charge in [0.2, 0.25) is 5.91 Å². The number of hydrogen-bond acceptors (Lipinski definition) is 3. The Morgan fingerprint density at radius 3 is 2.29 bits per heavy atom. The molecule has 0 aliphatic heterocycles. The van der Waals surface area contributed by atoms with E-state index < -0.39 is 0 Å². The lowest BCUT2D eigenvalue weighted by atomic mass is 9.96. The van der Waals surface area contributed by atoms with E-state index in [4.69, 9.17) is 4.74 Å². The number of amides is 1. The first-order chi connectivity index (χ1) is 11.4. The largest absolute Gasteiger partial charge is 0.494 e. The topological polar surface area (TPSA) is 74.8 Å². The van der Waals surface area contributed by atoms with Gasteiger partial charge < -0.3 is 20.7 Å². The molecule has 24 heavy (non-hydrogen) atoms. The number of nitrogens with one attached hydrogen (secondary N) is 3. The maximum atomic E-state index is 11.7. The molecule has 6 nitrogen and oxygen atoms in total. The summed E-state index contributed by atoms with van der Waals surface area (Å²) in [5.74, 6) is 1.65. The highest BCUT2D eigenvalue weighted by Gasteiger charge is 2.20. The summed E-state index contributed by atoms with van der Waals surface area (Å²) >= 11 is 0. The lowest BCUT2D eigenvalue weighted by Crippen LogP contribution is -2.43. The van der Waals surface area contributed by atoms with E-state index in [1.54, 1.807) is 7.05 Å². The molecule has 3 N–H and O–H groups in total. The molecule has 0 heterocycles. The molecule has 0 spiro atoms. The molecular formula is C18H30N4O2. The van der Waals surface area contributed by atoms with Gasteiger partial charge in [-0.15, -0.1) is 0 Å². The van der Waals surface area contributed by atoms with E-state index in [2.05, 4.69) is 20.9 Å². The normalized spacial score (nSPS) is 11.8. The summed E-state index contributed by atoms with van der Waals surface area (Å²) in [6.45, 7) is 8.29. The second kappa shape index (κ2) is 10.5. The fourth-order valence-corrected chi connectivity index (χ4v) is 1.83. The summed E-state index contributed by atoms with van der Waals surface area (Å²) in [7, 11) is 1.73. The Kier molecular flexibility index (Phi) is 8.68. The van der Waals surface area contributed by atoms with E-state index in [9.17, 15) is 4.79 Å². The summed E-state index contributed by atoms with van der Waals surface area (Å²) in [5, 5.41) is 9.28. The Bertz CT molecular complexity index is 510. The van der Waals surface area contributed by atoms with Gasteiger partial charge in [-0.2, -0.15) is 0 Å². The minimum Gasteiger partial charge on any atom is -0.494 e. The Morgan fingerprint density at radius 2 is 1.67 bits per heavy atom. The second-order valence-electron chi connectivity index (χ2n) is 6.45. The van der Waals surface area contributed by atoms with Gasteiger partial charge in [0.15, 0.2) is 5.96 Å². The minimum absolute atomic E-state index is 0.0466. The van der Waals surface area contributed by atoms with Crippen LogP contribution in [0, 0.1) is 5.41 Å². The molecular weight excluding hydrogens is 304 g/mol. The highest BCUT2D eigenvalue weighted by Crippen LogP contribution is 2.11. The average Bonchev–Trinajstić information content (AvgIpc) is 2.56. The van der Waals surface area contributed by atoms with Crippen molar-refractivity contribution in [3.8, 4) is 5.75 Å². The molecule has 1 aromatic rings. The summed E-state index contributed by atoms with van der Waals surface area (Å²) in [6.07, 6.45) is 0.871. The molecule has 0 radical (unpaired) electrons. The summed E-state index contributed by atoms with van der Waals surface area (Å²) < 4.78 is 5.63. The van der Waals surface area contributed by atoms with Crippen molar-refractivity contribution >= 4 is 11.9 Å². The van der Waals surface area contributed by atoms with Gasteiger partial charge in [0, 0.05) is 32.1 Å². The molecule has 1 aromatic carbocycles. The Balaban J connectivity index is 2.09. The van der Waals surface area contributed by atoms with Crippen molar-refractivity contribution in [1.29, 1.82) is 0 Å². The fourth-order valence-electron chi connectivity index (χ4n) is 1.83. The Labute approximate surface area is 145 Å². The van der Waals surface area contributed by atoms with Crippen LogP contribution in [0.3, 0.4) is 0 Å². The van der Waals surface area contributed by atoms with E-state index >= 15 is 0 Å². The predicted molar refractivity (Wildman–Crippen MR) is 98.4 cm³/mol. The number of hydrogen-bond donors (Lipinski definition) is 3. The van der Waals surface area contributed by atoms with Gasteiger partial charge in [0.25, 0.3) is 0 Å². The van der Waals surface area contributed by atoms with Gasteiger partial charge in [0.05, 0.1) is 6.61 Å². The summed E-state index contributed by atoms with van der Waals surface area (Å²) in [5.41, 5.74) is -0.362. The van der Waals surface area contributed by atoms with E-state index in [0.29, 0.717) is 19.7 Å². The van der Waals surface area contributed by atoms with Crippen LogP contribution < -0.4 is 20.7 Å². The smallest absolute Gasteiger partial charge is 0.225 e. The number of guanidine groups is 1. The Morgan fingerprint density at radius 1 is 1.04 bits per heavy atom. The van der Waals surface area contributed by atoms with Crippen LogP contribution in [-0.2, 0) is 4.79 Å². The SMILES string of the molecule is CN=C(NCCCOc1ccccc1)NCCNC(=O)C(C)(C)C. The third kappa shape index (κ3) is 8.41. The van der Waals surface area contributed by atoms with Crippen molar-refractivity contribution in [3.63, 3.8) is 0 Å². The van der Waals surface area contributed by atoms with Crippen LogP contribution in [0.25, 0.3) is 0 Å². The third-order valence-corrected chi connectivity index (χ3v) is 3.23. The molecule has 0 saturated heterocycles. The van der Waals surface area contributed by atoms with Gasteiger partial charge in [0.1, 0.15) is 5.75 Å². The van der Waals surface area contributed by atoms with Crippen molar-refractivity contribution in [1.82, 2.24) is 16.0 Å². The number of nitrogens with zero attached hydrogens (tertiary/aromatic N) is 1. The molecule has 0 saturated carbocycles. The van der Waals surface area contributed by atoms with Gasteiger partial charge in [-0.25, -0.2) is 0 Å². The van der Waals surface area contributed by atoms with Crippen LogP contribution in [0.1, 0.15) is 27.2 Å². The number of ether oxygens (including phenoxy) is 1.